The van der Waals surface area contributed by atoms with Gasteiger partial charge in [0.1, 0.15) is 22.6 Å². The fourth-order valence-corrected chi connectivity index (χ4v) is 5.59. The van der Waals surface area contributed by atoms with Gasteiger partial charge in [0.15, 0.2) is 23.3 Å². The van der Waals surface area contributed by atoms with Crippen LogP contribution in [0, 0.1) is 0 Å². The van der Waals surface area contributed by atoms with Crippen molar-refractivity contribution in [3.05, 3.63) is 97.1 Å². The van der Waals surface area contributed by atoms with Crippen LogP contribution in [0.3, 0.4) is 0 Å². The number of hydrogen-bond donors (Lipinski definition) is 2. The maximum atomic E-state index is 5.02. The van der Waals surface area contributed by atoms with E-state index in [2.05, 4.69) is 22.3 Å². The summed E-state index contributed by atoms with van der Waals surface area (Å²) in [7, 11) is 0. The Bertz CT molecular complexity index is 2040. The predicted octanol–water partition coefficient (Wildman–Crippen LogP) is 6.80. The maximum absolute atomic E-state index is 5.02. The summed E-state index contributed by atoms with van der Waals surface area (Å²) in [5.74, 6) is 2.39. The van der Waals surface area contributed by atoms with Gasteiger partial charge in [-0.3, -0.25) is 0 Å². The van der Waals surface area contributed by atoms with Crippen LogP contribution in [0.15, 0.2) is 97.1 Å². The Morgan fingerprint density at radius 2 is 0.595 bits per heavy atom. The normalized spacial score (nSPS) is 11.5. The summed E-state index contributed by atoms with van der Waals surface area (Å²) in [5.41, 5.74) is 6.45. The third-order valence-electron chi connectivity index (χ3n) is 7.46. The molecule has 4 aromatic carbocycles. The monoisotopic (exact) mass is 710 g/mol. The molecule has 0 amide bonds. The van der Waals surface area contributed by atoms with E-state index in [1.54, 1.807) is 0 Å². The first-order valence-corrected chi connectivity index (χ1v) is 26.2. The summed E-state index contributed by atoms with van der Waals surface area (Å²) in [6.45, 7) is 0. The van der Waals surface area contributed by atoms with Crippen molar-refractivity contribution < 1.29 is 0 Å². The first kappa shape index (κ1) is 25.3. The molecule has 8 nitrogen and oxygen atoms in total. The molecule has 2 N–H and O–H groups in total. The summed E-state index contributed by atoms with van der Waals surface area (Å²) in [6, 6.07) is 32.2. The van der Waals surface area contributed by atoms with Gasteiger partial charge in [-0.15, -0.1) is 0 Å². The minimum Gasteiger partial charge on any atom is -0.324 e. The number of aromatic amines is 2. The van der Waals surface area contributed by atoms with Gasteiger partial charge in [0.2, 0.25) is 0 Å². The molecule has 9 rings (SSSR count). The van der Waals surface area contributed by atoms with E-state index in [9.17, 15) is 0 Å². The molecule has 2 aliphatic heterocycles. The minimum absolute atomic E-state index is 0.597. The Labute approximate surface area is 259 Å². The summed E-state index contributed by atoms with van der Waals surface area (Å²) >= 11 is 3.91. The van der Waals surface area contributed by atoms with E-state index >= 15 is 0 Å². The van der Waals surface area contributed by atoms with Gasteiger partial charge in [-0.2, -0.15) is 0 Å². The average molecular weight is 711 g/mol. The Morgan fingerprint density at radius 3 is 0.857 bits per heavy atom. The van der Waals surface area contributed by atoms with Crippen LogP contribution in [0.4, 0.5) is 0 Å². The number of hydrogen-bond acceptors (Lipinski definition) is 6. The second kappa shape index (κ2) is 10.1. The summed E-state index contributed by atoms with van der Waals surface area (Å²) < 4.78 is 0. The zero-order valence-corrected chi connectivity index (χ0v) is 29.6. The largest absolute Gasteiger partial charge is 0.324 e. The molecule has 0 atom stereocenters. The molecule has 0 radical (unpaired) electrons. The fourth-order valence-electron chi connectivity index (χ4n) is 5.59. The topological polar surface area (TPSA) is 109 Å². The summed E-state index contributed by atoms with van der Waals surface area (Å²) in [5, 5.41) is 3.82. The SMILES string of the molecule is [Br][InH2].c1ccc2c(c1)-c1nc-2nc2[nH]c(nc3nc(nc4[nH]c(n1)c1ccccc41)-c1ccccc1-3)c1ccccc21. The summed E-state index contributed by atoms with van der Waals surface area (Å²) in [6.07, 6.45) is 0. The van der Waals surface area contributed by atoms with Crippen LogP contribution >= 0.6 is 12.3 Å². The molecule has 0 aliphatic carbocycles. The van der Waals surface area contributed by atoms with Gasteiger partial charge in [0.25, 0.3) is 0 Å². The Morgan fingerprint density at radius 1 is 0.357 bits per heavy atom. The van der Waals surface area contributed by atoms with Crippen LogP contribution in [0.2, 0.25) is 0 Å². The first-order valence-electron chi connectivity index (χ1n) is 13.4. The molecule has 8 bridgehead atoms. The van der Waals surface area contributed by atoms with Gasteiger partial charge in [-0.1, -0.05) is 97.1 Å². The van der Waals surface area contributed by atoms with E-state index in [1.165, 1.54) is 0 Å². The average Bonchev–Trinajstić information content (AvgIpc) is 3.78. The van der Waals surface area contributed by atoms with Crippen molar-refractivity contribution in [2.45, 2.75) is 0 Å². The van der Waals surface area contributed by atoms with E-state index < -0.39 is 0 Å². The predicted molar refractivity (Wildman–Crippen MR) is 174 cm³/mol. The smallest absolute Gasteiger partial charge is 0.164 e. The molecule has 0 fully saturated rings. The van der Waals surface area contributed by atoms with Gasteiger partial charge in [0, 0.05) is 43.8 Å². The van der Waals surface area contributed by atoms with Gasteiger partial charge in [0.05, 0.1) is 0 Å². The first-order chi connectivity index (χ1) is 20.8. The molecule has 198 valence electrons. The van der Waals surface area contributed by atoms with E-state index in [0.717, 1.165) is 65.8 Å². The third-order valence-corrected chi connectivity index (χ3v) is 7.46. The number of benzene rings is 4. The molecular formula is C32H20BrInN8. The van der Waals surface area contributed by atoms with Crippen molar-refractivity contribution in [1.29, 1.82) is 0 Å². The number of nitrogens with zero attached hydrogens (tertiary/aromatic N) is 6. The van der Waals surface area contributed by atoms with E-state index in [0.29, 0.717) is 45.9 Å². The Balaban J connectivity index is 0.00000131. The summed E-state index contributed by atoms with van der Waals surface area (Å²) in [4.78, 5) is 36.8. The third kappa shape index (κ3) is 3.97. The van der Waals surface area contributed by atoms with E-state index in [1.807, 2.05) is 97.1 Å². The fraction of sp³-hybridized carbons (Fsp3) is 0. The van der Waals surface area contributed by atoms with Crippen molar-refractivity contribution in [3.63, 3.8) is 0 Å². The van der Waals surface area contributed by atoms with Gasteiger partial charge >= 0.3 is 34.3 Å². The number of fused-ring (bicyclic) bond motifs is 20. The molecule has 7 aromatic rings. The van der Waals surface area contributed by atoms with Crippen molar-refractivity contribution in [2.24, 2.45) is 0 Å². The van der Waals surface area contributed by atoms with Crippen LogP contribution in [-0.4, -0.2) is 61.9 Å². The van der Waals surface area contributed by atoms with E-state index in [-0.39, 0.29) is 0 Å². The Kier molecular flexibility index (Phi) is 6.11. The van der Waals surface area contributed by atoms with Gasteiger partial charge < -0.3 is 9.97 Å². The molecule has 5 heterocycles. The van der Waals surface area contributed by atoms with Crippen molar-refractivity contribution in [3.8, 4) is 45.6 Å². The van der Waals surface area contributed by atoms with Crippen LogP contribution in [0.5, 0.6) is 0 Å². The molecule has 0 saturated heterocycles. The zero-order chi connectivity index (χ0) is 28.2. The molecule has 0 unspecified atom stereocenters. The van der Waals surface area contributed by atoms with E-state index in [4.69, 9.17) is 29.9 Å². The quantitative estimate of drug-likeness (QED) is 0.179. The maximum Gasteiger partial charge on any atom is 0.164 e. The second-order valence-electron chi connectivity index (χ2n) is 9.79. The number of rotatable bonds is 0. The van der Waals surface area contributed by atoms with Crippen molar-refractivity contribution in [1.82, 2.24) is 39.9 Å². The standard InChI is InChI=1S/C32H18N8.BrH.In.2H/c1-2-10-18-17(9-1)25-33-26(18)38-28-21-13-5-6-14-22(21)30(35-28)40-32-24-16-8-7-15-23(24)31(36-32)39-29-20-12-4-3-11-19(20)27(34-29)37-25;;;;/h1-16H,(H2,33,34,35,36,37,38,39,40);1H;;;/q;;+1;;/p-1. The molecule has 0 spiro atoms. The molecule has 2 aliphatic rings. The molecule has 0 saturated carbocycles. The van der Waals surface area contributed by atoms with Crippen LogP contribution in [0.25, 0.3) is 89.7 Å². The van der Waals surface area contributed by atoms with Crippen LogP contribution in [0.1, 0.15) is 0 Å². The zero-order valence-electron chi connectivity index (χ0n) is 22.3. The number of halogens is 1. The van der Waals surface area contributed by atoms with Crippen LogP contribution < -0.4 is 0 Å². The van der Waals surface area contributed by atoms with Crippen molar-refractivity contribution in [2.75, 3.05) is 0 Å². The van der Waals surface area contributed by atoms with Crippen molar-refractivity contribution >= 4 is 78.5 Å². The second-order valence-corrected chi connectivity index (χ2v) is 9.79. The van der Waals surface area contributed by atoms with Crippen LogP contribution in [-0.2, 0) is 0 Å². The molecule has 3 aromatic heterocycles. The number of aromatic nitrogens is 8. The molecular weight excluding hydrogens is 691 g/mol. The van der Waals surface area contributed by atoms with Gasteiger partial charge in [-0.25, -0.2) is 29.9 Å². The number of H-pyrrole nitrogens is 2. The minimum atomic E-state index is 0.597. The molecule has 10 heteroatoms. The molecule has 42 heavy (non-hydrogen) atoms. The van der Waals surface area contributed by atoms with Gasteiger partial charge in [-0.05, 0) is 0 Å². The Hall–Kier alpha value is -4.41. The number of nitrogens with one attached hydrogen (secondary N) is 2.